The highest BCUT2D eigenvalue weighted by Gasteiger charge is 2.47. The monoisotopic (exact) mass is 424 g/mol. The van der Waals surface area contributed by atoms with Crippen LogP contribution < -0.4 is 0 Å². The number of imide groups is 3. The standard InChI is InChI=1S/C17H20N4O5S2/c22-6-4-19(5-7-23)11-20-13(16-27-8-9-28-16)15(25)21(17(20)26)14(24)12-2-1-3-18-10-12/h1-3,10,22-23H,4-9,11H2. The maximum atomic E-state index is 13.0. The zero-order valence-electron chi connectivity index (χ0n) is 15.0. The molecule has 3 rings (SSSR count). The predicted molar refractivity (Wildman–Crippen MR) is 105 cm³/mol. The van der Waals surface area contributed by atoms with Gasteiger partial charge in [-0.3, -0.25) is 24.4 Å². The number of aliphatic hydroxyl groups is 2. The summed E-state index contributed by atoms with van der Waals surface area (Å²) in [5.74, 6) is 0.231. The average Bonchev–Trinajstić information content (AvgIpc) is 3.29. The van der Waals surface area contributed by atoms with Crippen molar-refractivity contribution in [2.24, 2.45) is 0 Å². The fourth-order valence-corrected chi connectivity index (χ4v) is 5.37. The SMILES string of the molecule is O=C1C(=C2SCCS2)N(CN(CCO)CCO)C(=O)N1C(=O)c1cccnc1. The van der Waals surface area contributed by atoms with Crippen molar-refractivity contribution in [3.05, 3.63) is 40.0 Å². The number of urea groups is 1. The number of hydrogen-bond donors (Lipinski definition) is 2. The van der Waals surface area contributed by atoms with Crippen LogP contribution in [0.15, 0.2) is 34.5 Å². The van der Waals surface area contributed by atoms with Gasteiger partial charge in [0.15, 0.2) is 0 Å². The number of amides is 4. The average molecular weight is 425 g/mol. The minimum atomic E-state index is -0.740. The van der Waals surface area contributed by atoms with E-state index >= 15 is 0 Å². The Kier molecular flexibility index (Phi) is 7.08. The van der Waals surface area contributed by atoms with E-state index < -0.39 is 17.8 Å². The van der Waals surface area contributed by atoms with Crippen molar-refractivity contribution in [1.29, 1.82) is 0 Å². The lowest BCUT2D eigenvalue weighted by atomic mass is 10.2. The number of carbonyl (C=O) groups is 3. The molecule has 0 unspecified atom stereocenters. The van der Waals surface area contributed by atoms with E-state index in [0.717, 1.165) is 11.5 Å². The molecule has 2 aliphatic heterocycles. The van der Waals surface area contributed by atoms with Gasteiger partial charge in [0.25, 0.3) is 11.8 Å². The first-order valence-corrected chi connectivity index (χ1v) is 10.6. The number of aromatic nitrogens is 1. The molecule has 0 atom stereocenters. The van der Waals surface area contributed by atoms with E-state index in [4.69, 9.17) is 0 Å². The van der Waals surface area contributed by atoms with Gasteiger partial charge in [0.2, 0.25) is 0 Å². The van der Waals surface area contributed by atoms with E-state index in [0.29, 0.717) is 9.14 Å². The minimum absolute atomic E-state index is 0.0114. The molecule has 2 aliphatic rings. The second-order valence-electron chi connectivity index (χ2n) is 5.94. The van der Waals surface area contributed by atoms with E-state index in [2.05, 4.69) is 4.98 Å². The van der Waals surface area contributed by atoms with Crippen LogP contribution in [0, 0.1) is 0 Å². The van der Waals surface area contributed by atoms with Crippen molar-refractivity contribution in [2.45, 2.75) is 0 Å². The first-order chi connectivity index (χ1) is 13.6. The normalized spacial score (nSPS) is 17.4. The summed E-state index contributed by atoms with van der Waals surface area (Å²) in [7, 11) is 0. The molecule has 1 aromatic heterocycles. The molecule has 28 heavy (non-hydrogen) atoms. The molecule has 3 heterocycles. The van der Waals surface area contributed by atoms with Gasteiger partial charge in [-0.05, 0) is 12.1 Å². The summed E-state index contributed by atoms with van der Waals surface area (Å²) < 4.78 is 0.702. The van der Waals surface area contributed by atoms with Crippen LogP contribution in [0.1, 0.15) is 10.4 Å². The topological polar surface area (TPSA) is 114 Å². The molecule has 4 amide bonds. The summed E-state index contributed by atoms with van der Waals surface area (Å²) in [6.45, 7) is 0.103. The molecule has 0 bridgehead atoms. The van der Waals surface area contributed by atoms with Crippen molar-refractivity contribution >= 4 is 41.4 Å². The summed E-state index contributed by atoms with van der Waals surface area (Å²) in [5, 5.41) is 18.5. The molecule has 0 radical (unpaired) electrons. The fraction of sp³-hybridized carbons (Fsp3) is 0.412. The molecule has 2 N–H and O–H groups in total. The molecular weight excluding hydrogens is 404 g/mol. The summed E-state index contributed by atoms with van der Waals surface area (Å²) in [5.41, 5.74) is 0.320. The first-order valence-electron chi connectivity index (χ1n) is 8.62. The molecule has 0 spiro atoms. The number of aliphatic hydroxyl groups excluding tert-OH is 2. The third-order valence-corrected chi connectivity index (χ3v) is 6.82. The zero-order valence-corrected chi connectivity index (χ0v) is 16.6. The fourth-order valence-electron chi connectivity index (χ4n) is 2.83. The van der Waals surface area contributed by atoms with Gasteiger partial charge in [-0.1, -0.05) is 0 Å². The lowest BCUT2D eigenvalue weighted by Crippen LogP contribution is -2.43. The molecule has 9 nitrogen and oxygen atoms in total. The maximum absolute atomic E-state index is 13.0. The van der Waals surface area contributed by atoms with Crippen LogP contribution in [-0.2, 0) is 4.79 Å². The Morgan fingerprint density at radius 2 is 1.86 bits per heavy atom. The predicted octanol–water partition coefficient (Wildman–Crippen LogP) is 0.379. The Bertz CT molecular complexity index is 775. The lowest BCUT2D eigenvalue weighted by molar-refractivity contribution is -0.121. The van der Waals surface area contributed by atoms with Crippen molar-refractivity contribution in [1.82, 2.24) is 19.7 Å². The third kappa shape index (κ3) is 4.23. The Labute approximate surface area is 170 Å². The zero-order chi connectivity index (χ0) is 20.1. The molecule has 1 aromatic rings. The Hall–Kier alpha value is -1.92. The number of nitrogens with zero attached hydrogens (tertiary/aromatic N) is 4. The van der Waals surface area contributed by atoms with E-state index in [1.165, 1.54) is 46.9 Å². The first kappa shape index (κ1) is 20.8. The quantitative estimate of drug-likeness (QED) is 0.364. The van der Waals surface area contributed by atoms with Gasteiger partial charge in [0.05, 0.1) is 29.7 Å². The van der Waals surface area contributed by atoms with Crippen LogP contribution in [-0.4, -0.2) is 92.2 Å². The molecule has 2 saturated heterocycles. The molecule has 0 saturated carbocycles. The second-order valence-corrected chi connectivity index (χ2v) is 8.41. The number of hydrogen-bond acceptors (Lipinski definition) is 9. The molecule has 150 valence electrons. The highest BCUT2D eigenvalue weighted by atomic mass is 32.2. The number of carbonyl (C=O) groups excluding carboxylic acids is 3. The van der Waals surface area contributed by atoms with Crippen LogP contribution >= 0.6 is 23.5 Å². The smallest absolute Gasteiger partial charge is 0.340 e. The Morgan fingerprint density at radius 1 is 1.18 bits per heavy atom. The van der Waals surface area contributed by atoms with Crippen LogP contribution in [0.25, 0.3) is 0 Å². The summed E-state index contributed by atoms with van der Waals surface area (Å²) in [6.07, 6.45) is 2.80. The largest absolute Gasteiger partial charge is 0.395 e. The molecule has 2 fully saturated rings. The number of thioether (sulfide) groups is 2. The minimum Gasteiger partial charge on any atom is -0.395 e. The van der Waals surface area contributed by atoms with Gasteiger partial charge in [0.1, 0.15) is 5.70 Å². The Balaban J connectivity index is 1.95. The van der Waals surface area contributed by atoms with Crippen LogP contribution in [0.5, 0.6) is 0 Å². The van der Waals surface area contributed by atoms with Crippen molar-refractivity contribution in [3.63, 3.8) is 0 Å². The van der Waals surface area contributed by atoms with Gasteiger partial charge >= 0.3 is 6.03 Å². The van der Waals surface area contributed by atoms with Gasteiger partial charge < -0.3 is 10.2 Å². The van der Waals surface area contributed by atoms with Crippen LogP contribution in [0.3, 0.4) is 0 Å². The summed E-state index contributed by atoms with van der Waals surface area (Å²) in [6, 6.07) is 2.31. The highest BCUT2D eigenvalue weighted by Crippen LogP contribution is 2.42. The van der Waals surface area contributed by atoms with E-state index in [1.54, 1.807) is 11.0 Å². The van der Waals surface area contributed by atoms with Gasteiger partial charge in [-0.15, -0.1) is 23.5 Å². The van der Waals surface area contributed by atoms with Crippen LogP contribution in [0.2, 0.25) is 0 Å². The molecule has 0 aliphatic carbocycles. The van der Waals surface area contributed by atoms with Gasteiger partial charge in [-0.25, -0.2) is 4.79 Å². The lowest BCUT2D eigenvalue weighted by Gasteiger charge is -2.26. The summed E-state index contributed by atoms with van der Waals surface area (Å²) in [4.78, 5) is 46.3. The van der Waals surface area contributed by atoms with E-state index in [9.17, 15) is 24.6 Å². The maximum Gasteiger partial charge on any atom is 0.340 e. The summed E-state index contributed by atoms with van der Waals surface area (Å²) >= 11 is 2.95. The van der Waals surface area contributed by atoms with E-state index in [-0.39, 0.29) is 44.2 Å². The van der Waals surface area contributed by atoms with Gasteiger partial charge in [-0.2, -0.15) is 4.90 Å². The number of pyridine rings is 1. The van der Waals surface area contributed by atoms with Crippen molar-refractivity contribution in [3.8, 4) is 0 Å². The highest BCUT2D eigenvalue weighted by molar-refractivity contribution is 8.25. The van der Waals surface area contributed by atoms with E-state index in [1.807, 2.05) is 0 Å². The Morgan fingerprint density at radius 3 is 2.43 bits per heavy atom. The molecule has 0 aromatic carbocycles. The molecule has 11 heteroatoms. The van der Waals surface area contributed by atoms with Crippen molar-refractivity contribution < 1.29 is 24.6 Å². The molecular formula is C17H20N4O5S2. The van der Waals surface area contributed by atoms with Crippen LogP contribution in [0.4, 0.5) is 4.79 Å². The number of rotatable bonds is 7. The van der Waals surface area contributed by atoms with Crippen molar-refractivity contribution in [2.75, 3.05) is 44.5 Å². The van der Waals surface area contributed by atoms with Gasteiger partial charge in [0, 0.05) is 37.0 Å². The second kappa shape index (κ2) is 9.52. The third-order valence-electron chi connectivity index (χ3n) is 4.13.